The van der Waals surface area contributed by atoms with Gasteiger partial charge >= 0.3 is 5.97 Å². The van der Waals surface area contributed by atoms with Crippen molar-refractivity contribution in [3.05, 3.63) is 35.9 Å². The summed E-state index contributed by atoms with van der Waals surface area (Å²) < 4.78 is 6.56. The maximum absolute atomic E-state index is 11.7. The lowest BCUT2D eigenvalue weighted by molar-refractivity contribution is -0.172. The Morgan fingerprint density at radius 3 is 2.58 bits per heavy atom. The quantitative estimate of drug-likeness (QED) is 0.390. The molecule has 1 saturated heterocycles. The smallest absolute Gasteiger partial charge is 0.303 e. The first kappa shape index (κ1) is 18.1. The van der Waals surface area contributed by atoms with Crippen molar-refractivity contribution >= 4 is 28.6 Å². The monoisotopic (exact) mass is 443 g/mol. The molecule has 4 nitrogen and oxygen atoms in total. The third kappa shape index (κ3) is 4.29. The minimum Gasteiger partial charge on any atom is -0.458 e. The summed E-state index contributed by atoms with van der Waals surface area (Å²) >= 11 is 2.33. The summed E-state index contributed by atoms with van der Waals surface area (Å²) in [4.78, 5) is 17.9. The van der Waals surface area contributed by atoms with E-state index in [1.807, 2.05) is 6.07 Å². The summed E-state index contributed by atoms with van der Waals surface area (Å²) in [5.74, 6) is 0.334. The molecule has 1 saturated carbocycles. The Morgan fingerprint density at radius 1 is 1.25 bits per heavy atom. The Bertz CT molecular complexity index is 533. The molecule has 5 heteroatoms. The maximum Gasteiger partial charge on any atom is 0.303 e. The van der Waals surface area contributed by atoms with Crippen LogP contribution < -0.4 is 0 Å². The van der Waals surface area contributed by atoms with E-state index in [4.69, 9.17) is 9.57 Å². The van der Waals surface area contributed by atoms with Crippen molar-refractivity contribution in [1.29, 1.82) is 0 Å². The SMILES string of the molecule is CC(=O)O[C@@H]1[C@H](CI)ON(Cc2ccccc2)[C@H]1C1CCCCC1. The second-order valence-corrected chi connectivity index (χ2v) is 7.70. The molecule has 0 radical (unpaired) electrons. The number of rotatable bonds is 5. The summed E-state index contributed by atoms with van der Waals surface area (Å²) in [6.45, 7) is 2.24. The summed E-state index contributed by atoms with van der Waals surface area (Å²) in [6, 6.07) is 10.6. The van der Waals surface area contributed by atoms with Crippen LogP contribution in [0.3, 0.4) is 0 Å². The molecule has 0 bridgehead atoms. The van der Waals surface area contributed by atoms with E-state index in [2.05, 4.69) is 51.9 Å². The molecule has 0 amide bonds. The molecule has 3 rings (SSSR count). The number of ether oxygens (including phenoxy) is 1. The summed E-state index contributed by atoms with van der Waals surface area (Å²) in [7, 11) is 0. The third-order valence-corrected chi connectivity index (χ3v) is 5.94. The van der Waals surface area contributed by atoms with Gasteiger partial charge in [-0.3, -0.25) is 9.63 Å². The van der Waals surface area contributed by atoms with Gasteiger partial charge in [-0.1, -0.05) is 72.2 Å². The van der Waals surface area contributed by atoms with Crippen LogP contribution in [0.15, 0.2) is 30.3 Å². The summed E-state index contributed by atoms with van der Waals surface area (Å²) in [5.41, 5.74) is 1.23. The van der Waals surface area contributed by atoms with E-state index in [1.54, 1.807) is 0 Å². The van der Waals surface area contributed by atoms with Gasteiger partial charge in [0.2, 0.25) is 0 Å². The average molecular weight is 443 g/mol. The fraction of sp³-hybridized carbons (Fsp3) is 0.632. The molecule has 0 spiro atoms. The predicted octanol–water partition coefficient (Wildman–Crippen LogP) is 4.12. The van der Waals surface area contributed by atoms with Crippen molar-refractivity contribution in [3.63, 3.8) is 0 Å². The molecule has 0 N–H and O–H groups in total. The summed E-state index contributed by atoms with van der Waals surface area (Å²) in [5, 5.41) is 2.10. The molecule has 0 unspecified atom stereocenters. The maximum atomic E-state index is 11.7. The fourth-order valence-corrected chi connectivity index (χ4v) is 4.69. The van der Waals surface area contributed by atoms with Gasteiger partial charge in [0.1, 0.15) is 12.2 Å². The first-order valence-electron chi connectivity index (χ1n) is 8.89. The molecule has 2 fully saturated rings. The molecule has 132 valence electrons. The molecule has 1 aliphatic heterocycles. The van der Waals surface area contributed by atoms with Crippen LogP contribution in [0.2, 0.25) is 0 Å². The first-order valence-corrected chi connectivity index (χ1v) is 10.4. The molecule has 1 aliphatic carbocycles. The molecule has 0 aromatic heterocycles. The minimum absolute atomic E-state index is 0.0508. The lowest BCUT2D eigenvalue weighted by Crippen LogP contribution is -2.44. The molecule has 1 aromatic carbocycles. The number of carbonyl (C=O) groups excluding carboxylic acids is 1. The van der Waals surface area contributed by atoms with Gasteiger partial charge in [-0.25, -0.2) is 0 Å². The van der Waals surface area contributed by atoms with Crippen molar-refractivity contribution in [1.82, 2.24) is 5.06 Å². The van der Waals surface area contributed by atoms with E-state index in [-0.39, 0.29) is 24.2 Å². The van der Waals surface area contributed by atoms with Crippen LogP contribution in [0, 0.1) is 5.92 Å². The Morgan fingerprint density at radius 2 is 1.96 bits per heavy atom. The number of hydroxylamine groups is 2. The van der Waals surface area contributed by atoms with Crippen molar-refractivity contribution in [3.8, 4) is 0 Å². The molecular formula is C19H26INO3. The van der Waals surface area contributed by atoms with Crippen LogP contribution in [0.4, 0.5) is 0 Å². The van der Waals surface area contributed by atoms with Crippen LogP contribution >= 0.6 is 22.6 Å². The topological polar surface area (TPSA) is 38.8 Å². The highest BCUT2D eigenvalue weighted by Gasteiger charge is 2.48. The van der Waals surface area contributed by atoms with Gasteiger partial charge in [0.15, 0.2) is 0 Å². The number of esters is 1. The number of benzene rings is 1. The zero-order valence-electron chi connectivity index (χ0n) is 14.2. The highest BCUT2D eigenvalue weighted by atomic mass is 127. The third-order valence-electron chi connectivity index (χ3n) is 5.07. The molecule has 2 aliphatic rings. The highest BCUT2D eigenvalue weighted by molar-refractivity contribution is 14.1. The first-order chi connectivity index (χ1) is 11.7. The van der Waals surface area contributed by atoms with E-state index in [0.717, 1.165) is 11.0 Å². The molecule has 1 heterocycles. The normalized spacial score (nSPS) is 28.8. The van der Waals surface area contributed by atoms with Gasteiger partial charge in [-0.2, -0.15) is 5.06 Å². The Labute approximate surface area is 158 Å². The van der Waals surface area contributed by atoms with Gasteiger partial charge in [0.05, 0.1) is 6.04 Å². The van der Waals surface area contributed by atoms with Crippen molar-refractivity contribution in [2.24, 2.45) is 5.92 Å². The van der Waals surface area contributed by atoms with Gasteiger partial charge in [-0.05, 0) is 24.3 Å². The zero-order valence-corrected chi connectivity index (χ0v) is 16.4. The molecule has 3 atom stereocenters. The van der Waals surface area contributed by atoms with Gasteiger partial charge in [0, 0.05) is 17.9 Å². The van der Waals surface area contributed by atoms with Crippen LogP contribution in [-0.2, 0) is 20.9 Å². The molecule has 24 heavy (non-hydrogen) atoms. The summed E-state index contributed by atoms with van der Waals surface area (Å²) in [6.07, 6.45) is 6.04. The van der Waals surface area contributed by atoms with E-state index < -0.39 is 0 Å². The Kier molecular flexibility index (Phi) is 6.52. The van der Waals surface area contributed by atoms with Crippen molar-refractivity contribution in [2.45, 2.75) is 63.8 Å². The van der Waals surface area contributed by atoms with E-state index in [1.165, 1.54) is 44.6 Å². The molecule has 1 aromatic rings. The Hall–Kier alpha value is -0.660. The standard InChI is InChI=1S/C19H26INO3/c1-14(22)23-19-17(12-20)24-21(13-15-8-4-2-5-9-15)18(19)16-10-6-3-7-11-16/h2,4-5,8-9,16-19H,3,6-7,10-13H2,1H3/t17-,18-,19+/m0/s1. The molecular weight excluding hydrogens is 417 g/mol. The van der Waals surface area contributed by atoms with Crippen molar-refractivity contribution < 1.29 is 14.4 Å². The average Bonchev–Trinajstić information content (AvgIpc) is 2.93. The minimum atomic E-state index is -0.208. The number of nitrogens with zero attached hydrogens (tertiary/aromatic N) is 1. The zero-order chi connectivity index (χ0) is 16.9. The van der Waals surface area contributed by atoms with Gasteiger partial charge in [-0.15, -0.1) is 0 Å². The van der Waals surface area contributed by atoms with Crippen LogP contribution in [0.5, 0.6) is 0 Å². The number of carbonyl (C=O) groups is 1. The fourth-order valence-electron chi connectivity index (χ4n) is 4.03. The van der Waals surface area contributed by atoms with Crippen molar-refractivity contribution in [2.75, 3.05) is 4.43 Å². The van der Waals surface area contributed by atoms with Gasteiger partial charge in [0.25, 0.3) is 0 Å². The van der Waals surface area contributed by atoms with Crippen LogP contribution in [0.1, 0.15) is 44.6 Å². The largest absolute Gasteiger partial charge is 0.458 e. The van der Waals surface area contributed by atoms with E-state index >= 15 is 0 Å². The second-order valence-electron chi connectivity index (χ2n) is 6.82. The predicted molar refractivity (Wildman–Crippen MR) is 102 cm³/mol. The lowest BCUT2D eigenvalue weighted by atomic mass is 9.81. The van der Waals surface area contributed by atoms with E-state index in [0.29, 0.717) is 5.92 Å². The number of hydrogen-bond acceptors (Lipinski definition) is 4. The lowest BCUT2D eigenvalue weighted by Gasteiger charge is -2.34. The number of halogens is 1. The Balaban J connectivity index is 1.82. The second kappa shape index (κ2) is 8.63. The van der Waals surface area contributed by atoms with E-state index in [9.17, 15) is 4.79 Å². The van der Waals surface area contributed by atoms with Crippen LogP contribution in [0.25, 0.3) is 0 Å². The van der Waals surface area contributed by atoms with Crippen LogP contribution in [-0.4, -0.2) is 33.7 Å². The number of hydrogen-bond donors (Lipinski definition) is 0. The highest BCUT2D eigenvalue weighted by Crippen LogP contribution is 2.38. The number of alkyl halides is 1. The van der Waals surface area contributed by atoms with Gasteiger partial charge < -0.3 is 4.74 Å².